The van der Waals surface area contributed by atoms with Crippen LogP contribution in [0.5, 0.6) is 0 Å². The summed E-state index contributed by atoms with van der Waals surface area (Å²) in [6, 6.07) is 11.7. The number of fused-ring (bicyclic) bond motifs is 1. The first-order valence-electron chi connectivity index (χ1n) is 16.8. The van der Waals surface area contributed by atoms with Crippen LogP contribution in [0, 0.1) is 5.41 Å². The van der Waals surface area contributed by atoms with Gasteiger partial charge in [-0.1, -0.05) is 48.9 Å². The molecule has 2 N–H and O–H groups in total. The van der Waals surface area contributed by atoms with Gasteiger partial charge in [-0.3, -0.25) is 19.6 Å². The number of hydrogen-bond donors (Lipinski definition) is 2. The molecule has 2 aromatic carbocycles. The Labute approximate surface area is 276 Å². The Hall–Kier alpha value is -3.64. The summed E-state index contributed by atoms with van der Waals surface area (Å²) in [6.45, 7) is 1.65. The van der Waals surface area contributed by atoms with Crippen molar-refractivity contribution in [2.75, 3.05) is 32.7 Å². The number of carboxylic acids is 1. The van der Waals surface area contributed by atoms with Crippen molar-refractivity contribution in [3.8, 4) is 11.3 Å². The Morgan fingerprint density at radius 1 is 0.958 bits per heavy atom. The molecule has 3 aromatic rings. The molecule has 0 spiro atoms. The van der Waals surface area contributed by atoms with E-state index < -0.39 is 55.3 Å². The van der Waals surface area contributed by atoms with Crippen LogP contribution < -0.4 is 5.32 Å². The van der Waals surface area contributed by atoms with Gasteiger partial charge in [-0.2, -0.15) is 13.2 Å². The number of likely N-dealkylation sites (tertiary alicyclic amines) is 2. The van der Waals surface area contributed by atoms with Crippen LogP contribution in [0.3, 0.4) is 0 Å². The van der Waals surface area contributed by atoms with Gasteiger partial charge in [0.2, 0.25) is 5.91 Å². The van der Waals surface area contributed by atoms with Gasteiger partial charge in [0.05, 0.1) is 12.2 Å². The molecule has 3 aliphatic rings. The van der Waals surface area contributed by atoms with E-state index in [4.69, 9.17) is 4.98 Å². The van der Waals surface area contributed by atoms with Crippen molar-refractivity contribution in [1.82, 2.24) is 20.1 Å². The summed E-state index contributed by atoms with van der Waals surface area (Å²) >= 11 is 0. The van der Waals surface area contributed by atoms with E-state index in [0.717, 1.165) is 54.5 Å². The predicted molar refractivity (Wildman–Crippen MR) is 172 cm³/mol. The number of carbonyl (C=O) groups is 2. The van der Waals surface area contributed by atoms with E-state index >= 15 is 0 Å². The zero-order chi connectivity index (χ0) is 34.1. The van der Waals surface area contributed by atoms with Gasteiger partial charge in [0, 0.05) is 24.7 Å². The number of piperidine rings is 2. The van der Waals surface area contributed by atoms with Crippen LogP contribution in [0.1, 0.15) is 67.6 Å². The van der Waals surface area contributed by atoms with Crippen molar-refractivity contribution in [2.24, 2.45) is 5.41 Å². The fraction of sp³-hybridized carbons (Fsp3) is 0.528. The molecule has 0 unspecified atom stereocenters. The number of pyridine rings is 1. The first-order valence-corrected chi connectivity index (χ1v) is 16.8. The molecular weight excluding hydrogens is 631 g/mol. The van der Waals surface area contributed by atoms with Crippen LogP contribution >= 0.6 is 0 Å². The fourth-order valence-electron chi connectivity index (χ4n) is 7.35. The molecule has 1 aromatic heterocycles. The van der Waals surface area contributed by atoms with Crippen LogP contribution in [0.4, 0.5) is 22.0 Å². The van der Waals surface area contributed by atoms with Crippen LogP contribution in [-0.4, -0.2) is 83.1 Å². The molecule has 258 valence electrons. The smallest absolute Gasteiger partial charge is 0.403 e. The first-order chi connectivity index (χ1) is 22.9. The molecule has 1 saturated carbocycles. The average Bonchev–Trinajstić information content (AvgIpc) is 3.90. The Kier molecular flexibility index (Phi) is 10.0. The number of aromatic nitrogens is 1. The number of aliphatic carboxylic acids is 1. The molecule has 0 bridgehead atoms. The molecule has 12 heteroatoms. The van der Waals surface area contributed by atoms with Crippen molar-refractivity contribution < 1.29 is 36.6 Å². The minimum absolute atomic E-state index is 0.245. The van der Waals surface area contributed by atoms with E-state index in [1.165, 1.54) is 35.3 Å². The molecule has 1 amide bonds. The van der Waals surface area contributed by atoms with E-state index in [1.807, 2.05) is 30.5 Å². The number of nitrogens with zero attached hydrogens (tertiary/aromatic N) is 3. The number of amides is 1. The van der Waals surface area contributed by atoms with Gasteiger partial charge in [0.15, 0.2) is 0 Å². The third-order valence-corrected chi connectivity index (χ3v) is 10.2. The van der Waals surface area contributed by atoms with Crippen LogP contribution in [0.25, 0.3) is 22.0 Å². The molecule has 0 radical (unpaired) electrons. The lowest BCUT2D eigenvalue weighted by molar-refractivity contribution is -0.233. The number of halogens is 5. The highest BCUT2D eigenvalue weighted by atomic mass is 19.4. The van der Waals surface area contributed by atoms with E-state index in [1.54, 1.807) is 12.1 Å². The predicted octanol–water partition coefficient (Wildman–Crippen LogP) is 6.79. The average molecular weight is 673 g/mol. The van der Waals surface area contributed by atoms with Gasteiger partial charge in [0.25, 0.3) is 6.43 Å². The van der Waals surface area contributed by atoms with Crippen molar-refractivity contribution in [3.63, 3.8) is 0 Å². The van der Waals surface area contributed by atoms with Gasteiger partial charge in [0.1, 0.15) is 11.5 Å². The Morgan fingerprint density at radius 3 is 2.29 bits per heavy atom. The number of alkyl halides is 5. The minimum Gasteiger partial charge on any atom is -0.480 e. The van der Waals surface area contributed by atoms with E-state index in [9.17, 15) is 36.6 Å². The number of carboxylic acid groups (broad SMARTS) is 1. The van der Waals surface area contributed by atoms with Crippen molar-refractivity contribution in [1.29, 1.82) is 0 Å². The van der Waals surface area contributed by atoms with Crippen LogP contribution in [0.15, 0.2) is 48.7 Å². The molecule has 7 nitrogen and oxygen atoms in total. The lowest BCUT2D eigenvalue weighted by Crippen LogP contribution is -2.59. The lowest BCUT2D eigenvalue weighted by atomic mass is 9.76. The second kappa shape index (κ2) is 14.1. The topological polar surface area (TPSA) is 85.8 Å². The molecule has 3 heterocycles. The molecule has 2 saturated heterocycles. The highest BCUT2D eigenvalue weighted by Crippen LogP contribution is 2.47. The molecular formula is C36H41F5N4O3. The number of hydrogen-bond acceptors (Lipinski definition) is 5. The fourth-order valence-corrected chi connectivity index (χ4v) is 7.35. The standard InChI is InChI=1S/C36H41F5N4O3/c37-31(38)22-45-16-12-35(13-17-45,36(39,40)41)34(48)43-30(33(46)47)19-25-6-4-8-27-26(25)7-5-9-28(27)32-29(24-10-11-24)18-23(20-42-32)21-44-14-2-1-3-15-44/h4-9,18,20,24,30-31H,1-3,10-17,19,21-22H2,(H,43,48)(H,46,47)/t30-/m0/s1. The molecule has 1 atom stereocenters. The zero-order valence-electron chi connectivity index (χ0n) is 26.7. The Bertz CT molecular complexity index is 1630. The highest BCUT2D eigenvalue weighted by Gasteiger charge is 2.61. The normalized spacial score (nSPS) is 19.8. The van der Waals surface area contributed by atoms with Crippen molar-refractivity contribution >= 4 is 22.6 Å². The van der Waals surface area contributed by atoms with Crippen molar-refractivity contribution in [2.45, 2.75) is 82.5 Å². The van der Waals surface area contributed by atoms with Crippen molar-refractivity contribution in [3.05, 3.63) is 65.4 Å². The van der Waals surface area contributed by atoms with Gasteiger partial charge in [-0.15, -0.1) is 0 Å². The monoisotopic (exact) mass is 672 g/mol. The maximum Gasteiger partial charge on any atom is 0.403 e. The molecule has 1 aliphatic carbocycles. The molecule has 2 aliphatic heterocycles. The summed E-state index contributed by atoms with van der Waals surface area (Å²) in [5.74, 6) is -2.49. The van der Waals surface area contributed by atoms with Gasteiger partial charge < -0.3 is 10.4 Å². The summed E-state index contributed by atoms with van der Waals surface area (Å²) in [5, 5.41) is 13.8. The number of rotatable bonds is 11. The van der Waals surface area contributed by atoms with E-state index in [0.29, 0.717) is 11.5 Å². The summed E-state index contributed by atoms with van der Waals surface area (Å²) in [7, 11) is 0. The maximum absolute atomic E-state index is 14.4. The minimum atomic E-state index is -4.99. The molecule has 48 heavy (non-hydrogen) atoms. The Balaban J connectivity index is 1.26. The summed E-state index contributed by atoms with van der Waals surface area (Å²) in [6.07, 6.45) is -1.62. The summed E-state index contributed by atoms with van der Waals surface area (Å²) in [4.78, 5) is 34.3. The summed E-state index contributed by atoms with van der Waals surface area (Å²) < 4.78 is 68.8. The number of benzene rings is 2. The van der Waals surface area contributed by atoms with Crippen LogP contribution in [-0.2, 0) is 22.6 Å². The first kappa shape index (κ1) is 34.2. The molecule has 6 rings (SSSR count). The quantitative estimate of drug-likeness (QED) is 0.219. The maximum atomic E-state index is 14.4. The third-order valence-electron chi connectivity index (χ3n) is 10.2. The molecule has 3 fully saturated rings. The van der Waals surface area contributed by atoms with Gasteiger partial charge in [-0.05, 0) is 98.1 Å². The van der Waals surface area contributed by atoms with Crippen LogP contribution in [0.2, 0.25) is 0 Å². The number of carbonyl (C=O) groups excluding carboxylic acids is 1. The summed E-state index contributed by atoms with van der Waals surface area (Å²) in [5.41, 5.74) is 1.83. The second-order valence-electron chi connectivity index (χ2n) is 13.6. The van der Waals surface area contributed by atoms with E-state index in [2.05, 4.69) is 16.3 Å². The van der Waals surface area contributed by atoms with E-state index in [-0.39, 0.29) is 19.5 Å². The largest absolute Gasteiger partial charge is 0.480 e. The van der Waals surface area contributed by atoms with Gasteiger partial charge in [-0.25, -0.2) is 13.6 Å². The second-order valence-corrected chi connectivity index (χ2v) is 13.6. The highest BCUT2D eigenvalue weighted by molar-refractivity contribution is 5.99. The zero-order valence-corrected chi connectivity index (χ0v) is 26.7. The SMILES string of the molecule is O=C(O)[C@H](Cc1cccc2c(-c3ncc(CN4CCCCC4)cc3C3CC3)cccc12)NC(=O)C1(C(F)(F)F)CCN(CC(F)F)CC1. The van der Waals surface area contributed by atoms with Gasteiger partial charge >= 0.3 is 12.1 Å². The third kappa shape index (κ3) is 7.34. The number of nitrogens with one attached hydrogen (secondary N) is 1. The Morgan fingerprint density at radius 2 is 1.65 bits per heavy atom. The lowest BCUT2D eigenvalue weighted by Gasteiger charge is -2.41.